The van der Waals surface area contributed by atoms with Crippen LogP contribution in [0, 0.1) is 5.92 Å². The van der Waals surface area contributed by atoms with Crippen molar-refractivity contribution in [1.29, 1.82) is 0 Å². The van der Waals surface area contributed by atoms with Gasteiger partial charge in [-0.15, -0.1) is 0 Å². The minimum Gasteiger partial charge on any atom is -0.507 e. The standard InChI is InChI=1S/C18H22N4O2/c23-17-4-2-1-3-14(17)15-9-16(22-21-15)18(24)19-10-11-7-12-5-6-13(8-11)20-12/h1-4,9,11-13,20,23H,5-8,10H2,(H,19,24)(H,21,22)/t11?,12-,13+. The molecule has 3 atom stereocenters. The van der Waals surface area contributed by atoms with Gasteiger partial charge in [-0.25, -0.2) is 0 Å². The van der Waals surface area contributed by atoms with Crippen molar-refractivity contribution in [2.75, 3.05) is 6.54 Å². The van der Waals surface area contributed by atoms with Crippen molar-refractivity contribution in [3.63, 3.8) is 0 Å². The molecule has 2 saturated heterocycles. The van der Waals surface area contributed by atoms with Gasteiger partial charge < -0.3 is 15.7 Å². The number of phenolic OH excluding ortho intramolecular Hbond substituents is 1. The number of carbonyl (C=O) groups excluding carboxylic acids is 1. The number of nitrogens with zero attached hydrogens (tertiary/aromatic N) is 1. The molecule has 0 aliphatic carbocycles. The average molecular weight is 326 g/mol. The molecule has 24 heavy (non-hydrogen) atoms. The maximum absolute atomic E-state index is 12.3. The molecule has 4 N–H and O–H groups in total. The van der Waals surface area contributed by atoms with Gasteiger partial charge in [0, 0.05) is 24.2 Å². The highest BCUT2D eigenvalue weighted by atomic mass is 16.3. The number of piperidine rings is 1. The number of amides is 1. The molecule has 126 valence electrons. The fourth-order valence-corrected chi connectivity index (χ4v) is 3.94. The SMILES string of the molecule is O=C(NCC1C[C@H]2CC[C@@H](C1)N2)c1cc(-c2ccccc2O)n[nH]1. The summed E-state index contributed by atoms with van der Waals surface area (Å²) in [6.07, 6.45) is 4.81. The minimum absolute atomic E-state index is 0.143. The number of fused-ring (bicyclic) bond motifs is 2. The fraction of sp³-hybridized carbons (Fsp3) is 0.444. The van der Waals surface area contributed by atoms with Gasteiger partial charge >= 0.3 is 0 Å². The Labute approximate surface area is 140 Å². The van der Waals surface area contributed by atoms with Crippen molar-refractivity contribution in [2.24, 2.45) is 5.92 Å². The first-order valence-electron chi connectivity index (χ1n) is 8.57. The van der Waals surface area contributed by atoms with E-state index in [1.165, 1.54) is 12.8 Å². The van der Waals surface area contributed by atoms with E-state index in [4.69, 9.17) is 0 Å². The summed E-state index contributed by atoms with van der Waals surface area (Å²) in [5.41, 5.74) is 1.60. The Morgan fingerprint density at radius 3 is 2.75 bits per heavy atom. The third kappa shape index (κ3) is 3.01. The zero-order chi connectivity index (χ0) is 16.5. The molecule has 1 aromatic heterocycles. The maximum atomic E-state index is 12.3. The van der Waals surface area contributed by atoms with Gasteiger partial charge in [0.25, 0.3) is 5.91 Å². The molecule has 2 aliphatic rings. The lowest BCUT2D eigenvalue weighted by molar-refractivity contribution is 0.0936. The van der Waals surface area contributed by atoms with E-state index >= 15 is 0 Å². The summed E-state index contributed by atoms with van der Waals surface area (Å²) in [6, 6.07) is 9.90. The van der Waals surface area contributed by atoms with Crippen LogP contribution < -0.4 is 10.6 Å². The van der Waals surface area contributed by atoms with E-state index in [0.717, 1.165) is 12.8 Å². The average Bonchev–Trinajstić information content (AvgIpc) is 3.20. The number of hydrogen-bond acceptors (Lipinski definition) is 4. The van der Waals surface area contributed by atoms with Gasteiger partial charge in [-0.3, -0.25) is 9.89 Å². The Hall–Kier alpha value is -2.34. The van der Waals surface area contributed by atoms with Gasteiger partial charge in [-0.2, -0.15) is 5.10 Å². The number of nitrogens with one attached hydrogen (secondary N) is 3. The third-order valence-corrected chi connectivity index (χ3v) is 5.12. The van der Waals surface area contributed by atoms with E-state index in [9.17, 15) is 9.90 Å². The van der Waals surface area contributed by atoms with Crippen molar-refractivity contribution in [3.8, 4) is 17.0 Å². The Morgan fingerprint density at radius 2 is 2.00 bits per heavy atom. The van der Waals surface area contributed by atoms with Crippen molar-refractivity contribution >= 4 is 5.91 Å². The molecule has 0 radical (unpaired) electrons. The highest BCUT2D eigenvalue weighted by Gasteiger charge is 2.33. The molecule has 2 bridgehead atoms. The molecular formula is C18H22N4O2. The second-order valence-corrected chi connectivity index (χ2v) is 6.87. The molecule has 2 aliphatic heterocycles. The summed E-state index contributed by atoms with van der Waals surface area (Å²) in [6.45, 7) is 0.707. The maximum Gasteiger partial charge on any atom is 0.269 e. The summed E-state index contributed by atoms with van der Waals surface area (Å²) in [7, 11) is 0. The van der Waals surface area contributed by atoms with Crippen LogP contribution in [0.1, 0.15) is 36.2 Å². The molecule has 2 fully saturated rings. The monoisotopic (exact) mass is 326 g/mol. The molecule has 3 heterocycles. The van der Waals surface area contributed by atoms with E-state index in [1.807, 2.05) is 6.07 Å². The zero-order valence-corrected chi connectivity index (χ0v) is 13.5. The number of carbonyl (C=O) groups is 1. The van der Waals surface area contributed by atoms with E-state index < -0.39 is 0 Å². The first-order chi connectivity index (χ1) is 11.7. The van der Waals surface area contributed by atoms with Crippen LogP contribution in [0.3, 0.4) is 0 Å². The van der Waals surface area contributed by atoms with Crippen LogP contribution in [0.15, 0.2) is 30.3 Å². The van der Waals surface area contributed by atoms with Crippen molar-refractivity contribution < 1.29 is 9.90 Å². The smallest absolute Gasteiger partial charge is 0.269 e. The number of aromatic hydroxyl groups is 1. The number of aromatic amines is 1. The Kier molecular flexibility index (Phi) is 3.98. The van der Waals surface area contributed by atoms with E-state index in [2.05, 4.69) is 20.8 Å². The van der Waals surface area contributed by atoms with Crippen LogP contribution in [-0.2, 0) is 0 Å². The first kappa shape index (κ1) is 15.2. The Morgan fingerprint density at radius 1 is 1.25 bits per heavy atom. The van der Waals surface area contributed by atoms with Gasteiger partial charge in [0.2, 0.25) is 0 Å². The first-order valence-corrected chi connectivity index (χ1v) is 8.57. The Balaban J connectivity index is 1.38. The lowest BCUT2D eigenvalue weighted by Gasteiger charge is -2.29. The number of benzene rings is 1. The summed E-state index contributed by atoms with van der Waals surface area (Å²) < 4.78 is 0. The molecule has 0 saturated carbocycles. The molecule has 0 spiro atoms. The van der Waals surface area contributed by atoms with Gasteiger partial charge in [-0.05, 0) is 49.8 Å². The number of hydrogen-bond donors (Lipinski definition) is 4. The lowest BCUT2D eigenvalue weighted by Crippen LogP contribution is -2.42. The van der Waals surface area contributed by atoms with Gasteiger partial charge in [0.1, 0.15) is 11.4 Å². The van der Waals surface area contributed by atoms with Crippen molar-refractivity contribution in [1.82, 2.24) is 20.8 Å². The van der Waals surface area contributed by atoms with Crippen LogP contribution in [0.5, 0.6) is 5.75 Å². The normalized spacial score (nSPS) is 25.6. The van der Waals surface area contributed by atoms with Crippen LogP contribution in [0.2, 0.25) is 0 Å². The molecule has 1 aromatic carbocycles. The largest absolute Gasteiger partial charge is 0.507 e. The topological polar surface area (TPSA) is 90.0 Å². The summed E-state index contributed by atoms with van der Waals surface area (Å²) in [4.78, 5) is 12.3. The highest BCUT2D eigenvalue weighted by molar-refractivity contribution is 5.93. The second kappa shape index (κ2) is 6.28. The highest BCUT2D eigenvalue weighted by Crippen LogP contribution is 2.30. The fourth-order valence-electron chi connectivity index (χ4n) is 3.94. The number of aromatic nitrogens is 2. The van der Waals surface area contributed by atoms with Crippen LogP contribution in [0.25, 0.3) is 11.3 Å². The van der Waals surface area contributed by atoms with E-state index in [1.54, 1.807) is 24.3 Å². The summed E-state index contributed by atoms with van der Waals surface area (Å²) >= 11 is 0. The quantitative estimate of drug-likeness (QED) is 0.692. The van der Waals surface area contributed by atoms with Crippen LogP contribution >= 0.6 is 0 Å². The molecular weight excluding hydrogens is 304 g/mol. The molecule has 1 unspecified atom stereocenters. The number of rotatable bonds is 4. The second-order valence-electron chi connectivity index (χ2n) is 6.87. The third-order valence-electron chi connectivity index (χ3n) is 5.12. The Bertz CT molecular complexity index is 730. The van der Waals surface area contributed by atoms with E-state index in [0.29, 0.717) is 41.5 Å². The van der Waals surface area contributed by atoms with E-state index in [-0.39, 0.29) is 11.7 Å². The molecule has 2 aromatic rings. The van der Waals surface area contributed by atoms with Gasteiger partial charge in [0.15, 0.2) is 0 Å². The molecule has 4 rings (SSSR count). The van der Waals surface area contributed by atoms with Gasteiger partial charge in [-0.1, -0.05) is 12.1 Å². The predicted octanol–water partition coefficient (Wildman–Crippen LogP) is 2.04. The van der Waals surface area contributed by atoms with Crippen molar-refractivity contribution in [2.45, 2.75) is 37.8 Å². The number of phenols is 1. The summed E-state index contributed by atoms with van der Waals surface area (Å²) in [5.74, 6) is 0.560. The predicted molar refractivity (Wildman–Crippen MR) is 90.7 cm³/mol. The molecule has 6 nitrogen and oxygen atoms in total. The minimum atomic E-state index is -0.143. The van der Waals surface area contributed by atoms with Crippen LogP contribution in [-0.4, -0.2) is 39.8 Å². The van der Waals surface area contributed by atoms with Crippen molar-refractivity contribution in [3.05, 3.63) is 36.0 Å². The number of para-hydroxylation sites is 1. The molecule has 1 amide bonds. The molecule has 6 heteroatoms. The van der Waals surface area contributed by atoms with Crippen LogP contribution in [0.4, 0.5) is 0 Å². The summed E-state index contributed by atoms with van der Waals surface area (Å²) in [5, 5.41) is 23.4. The number of H-pyrrole nitrogens is 1. The lowest BCUT2D eigenvalue weighted by atomic mass is 9.92. The van der Waals surface area contributed by atoms with Gasteiger partial charge in [0.05, 0.1) is 5.69 Å². The zero-order valence-electron chi connectivity index (χ0n) is 13.5.